The van der Waals surface area contributed by atoms with E-state index < -0.39 is 42.5 Å². The minimum absolute atomic E-state index is 0. The normalized spacial score (nSPS) is 10.6. The molecule has 0 fully saturated rings. The molecule has 0 atom stereocenters. The molecule has 2 heterocycles. The van der Waals surface area contributed by atoms with Crippen LogP contribution < -0.4 is 5.46 Å². The maximum Gasteiger partial charge on any atom is 2.00 e. The average molecular weight is 862 g/mol. The van der Waals surface area contributed by atoms with Crippen LogP contribution in [0.4, 0.5) is 35.1 Å². The molecule has 0 aliphatic carbocycles. The number of aromatic nitrogens is 4. The van der Waals surface area contributed by atoms with Crippen molar-refractivity contribution in [3.05, 3.63) is 103 Å². The van der Waals surface area contributed by atoms with Gasteiger partial charge in [0.2, 0.25) is 0 Å². The molecule has 2 aromatic heterocycles. The van der Waals surface area contributed by atoms with E-state index in [1.165, 1.54) is 47.2 Å². The number of hydrogen-bond acceptors (Lipinski definition) is 6. The van der Waals surface area contributed by atoms with Crippen molar-refractivity contribution in [3.8, 4) is 11.4 Å². The van der Waals surface area contributed by atoms with E-state index in [0.29, 0.717) is 6.54 Å². The van der Waals surface area contributed by atoms with Crippen LogP contribution in [0.2, 0.25) is 0 Å². The maximum atomic E-state index is 14.0. The van der Waals surface area contributed by atoms with Crippen LogP contribution in [-0.2, 0) is 45.9 Å². The van der Waals surface area contributed by atoms with Gasteiger partial charge in [-0.15, -0.1) is 0 Å². The largest absolute Gasteiger partial charge is 2.00 e. The molecular formula is C30H32BBrF8N4O4Pd. The number of imidazole rings is 2. The van der Waals surface area contributed by atoms with Gasteiger partial charge in [0, 0.05) is 42.1 Å². The number of ketones is 2. The molecule has 0 saturated carbocycles. The second-order valence-electron chi connectivity index (χ2n) is 9.33. The molecule has 0 bridgehead atoms. The van der Waals surface area contributed by atoms with Crippen molar-refractivity contribution in [3.63, 3.8) is 0 Å². The van der Waals surface area contributed by atoms with Crippen LogP contribution in [0.1, 0.15) is 59.8 Å². The second-order valence-corrected chi connectivity index (χ2v) is 10.0. The number of aryl methyl sites for hydroxylation is 2. The van der Waals surface area contributed by atoms with Crippen LogP contribution in [0, 0.1) is 26.5 Å². The van der Waals surface area contributed by atoms with Crippen LogP contribution in [0.15, 0.2) is 53.5 Å². The SMILES string of the molecule is CC(=O)c1ccc(B(O)O)c(F)c1.CCn1cc(C(F)(F)F)nc1-c1ccc(C(C)=O)cc1F.CCn1cc(C(F)(F)F)nc1Br.[CH3-].[CH3-].[Pd+2]. The summed E-state index contributed by atoms with van der Waals surface area (Å²) in [7, 11) is -1.85. The number of halogens is 9. The summed E-state index contributed by atoms with van der Waals surface area (Å²) in [6, 6.07) is 7.14. The van der Waals surface area contributed by atoms with Gasteiger partial charge >= 0.3 is 39.9 Å². The fourth-order valence-electron chi connectivity index (χ4n) is 3.63. The monoisotopic (exact) mass is 860 g/mol. The fourth-order valence-corrected chi connectivity index (χ4v) is 4.18. The smallest absolute Gasteiger partial charge is 0.423 e. The van der Waals surface area contributed by atoms with Crippen molar-refractivity contribution >= 4 is 40.1 Å². The van der Waals surface area contributed by atoms with Gasteiger partial charge in [-0.2, -0.15) is 26.3 Å². The van der Waals surface area contributed by atoms with E-state index >= 15 is 0 Å². The Morgan fingerprint density at radius 1 is 0.776 bits per heavy atom. The molecule has 272 valence electrons. The Morgan fingerprint density at radius 2 is 1.20 bits per heavy atom. The number of benzene rings is 2. The Bertz CT molecular complexity index is 1700. The van der Waals surface area contributed by atoms with Crippen molar-refractivity contribution in [1.29, 1.82) is 0 Å². The molecule has 0 unspecified atom stereocenters. The summed E-state index contributed by atoms with van der Waals surface area (Å²) in [5.41, 5.74) is -1.88. The number of carbonyl (C=O) groups is 2. The zero-order valence-corrected chi connectivity index (χ0v) is 30.0. The van der Waals surface area contributed by atoms with Gasteiger partial charge in [-0.1, -0.05) is 18.2 Å². The Morgan fingerprint density at radius 3 is 1.55 bits per heavy atom. The molecule has 0 spiro atoms. The van der Waals surface area contributed by atoms with Crippen molar-refractivity contribution in [2.45, 2.75) is 53.1 Å². The third kappa shape index (κ3) is 13.2. The minimum Gasteiger partial charge on any atom is -0.423 e. The molecule has 4 rings (SSSR count). The summed E-state index contributed by atoms with van der Waals surface area (Å²) in [4.78, 5) is 28.7. The van der Waals surface area contributed by atoms with Gasteiger partial charge in [0.1, 0.15) is 17.5 Å². The van der Waals surface area contributed by atoms with E-state index in [9.17, 15) is 44.7 Å². The Kier molecular flexibility index (Phi) is 19.4. The zero-order valence-electron chi connectivity index (χ0n) is 26.8. The molecule has 0 saturated heterocycles. The maximum absolute atomic E-state index is 14.0. The van der Waals surface area contributed by atoms with Crippen molar-refractivity contribution in [1.82, 2.24) is 19.1 Å². The number of Topliss-reactive ketones (excluding diaryl/α,β-unsaturated/α-hetero) is 2. The van der Waals surface area contributed by atoms with E-state index in [2.05, 4.69) is 25.9 Å². The summed E-state index contributed by atoms with van der Waals surface area (Å²) in [5, 5.41) is 17.3. The first kappa shape index (κ1) is 47.9. The zero-order chi connectivity index (χ0) is 35.1. The molecule has 19 heteroatoms. The second kappa shape index (κ2) is 19.8. The quantitative estimate of drug-likeness (QED) is 0.0918. The summed E-state index contributed by atoms with van der Waals surface area (Å²) in [6.07, 6.45) is -7.13. The number of carbonyl (C=O) groups excluding carboxylic acids is 2. The molecule has 2 aromatic carbocycles. The summed E-state index contributed by atoms with van der Waals surface area (Å²) < 4.78 is 104. The summed E-state index contributed by atoms with van der Waals surface area (Å²) in [5.74, 6) is -2.27. The predicted molar refractivity (Wildman–Crippen MR) is 168 cm³/mol. The Balaban J connectivity index is 0. The summed E-state index contributed by atoms with van der Waals surface area (Å²) in [6.45, 7) is 6.64. The van der Waals surface area contributed by atoms with Crippen molar-refractivity contribution in [2.75, 3.05) is 0 Å². The Hall–Kier alpha value is -3.23. The van der Waals surface area contributed by atoms with E-state index in [4.69, 9.17) is 10.0 Å². The van der Waals surface area contributed by atoms with E-state index in [-0.39, 0.29) is 86.1 Å². The molecule has 49 heavy (non-hydrogen) atoms. The number of hydrogen-bond donors (Lipinski definition) is 2. The van der Waals surface area contributed by atoms with Gasteiger partial charge < -0.3 is 34.0 Å². The number of nitrogens with zero attached hydrogens (tertiary/aromatic N) is 4. The van der Waals surface area contributed by atoms with Crippen LogP contribution in [0.3, 0.4) is 0 Å². The number of alkyl halides is 6. The third-order valence-electron chi connectivity index (χ3n) is 6.07. The van der Waals surface area contributed by atoms with E-state index in [0.717, 1.165) is 24.5 Å². The van der Waals surface area contributed by atoms with Gasteiger partial charge in [0.05, 0.1) is 5.56 Å². The van der Waals surface area contributed by atoms with Crippen LogP contribution in [0.5, 0.6) is 0 Å². The third-order valence-corrected chi connectivity index (χ3v) is 6.70. The first-order valence-electron chi connectivity index (χ1n) is 13.1. The van der Waals surface area contributed by atoms with Crippen molar-refractivity contribution < 1.29 is 75.2 Å². The topological polar surface area (TPSA) is 110 Å². The first-order chi connectivity index (χ1) is 21.2. The van der Waals surface area contributed by atoms with Crippen molar-refractivity contribution in [2.24, 2.45) is 0 Å². The van der Waals surface area contributed by atoms with Gasteiger partial charge in [-0.3, -0.25) is 9.59 Å². The van der Waals surface area contributed by atoms with Gasteiger partial charge in [0.25, 0.3) is 0 Å². The fraction of sp³-hybridized carbons (Fsp3) is 0.267. The Labute approximate surface area is 300 Å². The predicted octanol–water partition coefficient (Wildman–Crippen LogP) is 7.22. The van der Waals surface area contributed by atoms with Gasteiger partial charge in [0.15, 0.2) is 27.7 Å². The van der Waals surface area contributed by atoms with E-state index in [1.807, 2.05) is 0 Å². The molecule has 2 N–H and O–H groups in total. The molecule has 0 aliphatic heterocycles. The molecule has 0 radical (unpaired) electrons. The van der Waals surface area contributed by atoms with E-state index in [1.54, 1.807) is 13.8 Å². The molecule has 0 aliphatic rings. The molecule has 0 amide bonds. The van der Waals surface area contributed by atoms with Gasteiger partial charge in [-0.05, 0) is 61.8 Å². The van der Waals surface area contributed by atoms with Crippen LogP contribution >= 0.6 is 15.9 Å². The van der Waals surface area contributed by atoms with Gasteiger partial charge in [-0.25, -0.2) is 18.7 Å². The van der Waals surface area contributed by atoms with Crippen LogP contribution in [0.25, 0.3) is 11.4 Å². The molecule has 8 nitrogen and oxygen atoms in total. The average Bonchev–Trinajstić information content (AvgIpc) is 3.57. The number of rotatable bonds is 6. The van der Waals surface area contributed by atoms with Crippen LogP contribution in [-0.4, -0.2) is 47.8 Å². The molecular weight excluding hydrogens is 829 g/mol. The first-order valence-corrected chi connectivity index (χ1v) is 13.9. The standard InChI is InChI=1S/C14H12F4N2O.C8H8BFO3.C6H6BrF3N2.2CH3.Pd/c1-3-20-7-12(14(16,17)18)19-13(20)10-5-4-9(8(2)21)6-11(10)15;1-5(11)6-2-3-7(9(12)13)8(10)4-6;1-2-12-3-4(6(8,9)10)11-5(12)7;;;/h4-7H,3H2,1-2H3;2-4,12-13H,1H3;3H,2H2,1H3;2*1H3;/q;;;2*-1;+2. The molecule has 4 aromatic rings. The minimum atomic E-state index is -4.59. The summed E-state index contributed by atoms with van der Waals surface area (Å²) >= 11 is 2.92.